The number of piperazine rings is 1. The fourth-order valence-corrected chi connectivity index (χ4v) is 4.70. The smallest absolute Gasteiger partial charge is 0.241 e. The van der Waals surface area contributed by atoms with E-state index in [1.54, 1.807) is 12.1 Å². The molecule has 0 aromatic heterocycles. The number of nitrogens with zero attached hydrogens (tertiary/aromatic N) is 3. The van der Waals surface area contributed by atoms with Gasteiger partial charge in [0.05, 0.1) is 11.6 Å². The number of carbonyl (C=O) groups is 1. The number of benzene rings is 1. The summed E-state index contributed by atoms with van der Waals surface area (Å²) in [4.78, 5) is 17.5. The van der Waals surface area contributed by atoms with Crippen molar-refractivity contribution in [2.75, 3.05) is 53.0 Å². The molecule has 196 valence electrons. The van der Waals surface area contributed by atoms with E-state index in [-0.39, 0.29) is 6.42 Å². The number of nitriles is 1. The van der Waals surface area contributed by atoms with E-state index in [9.17, 15) is 10.1 Å². The van der Waals surface area contributed by atoms with E-state index in [0.717, 1.165) is 50.3 Å². The molecule has 2 heterocycles. The Morgan fingerprint density at radius 3 is 2.64 bits per heavy atom. The monoisotopic (exact) mass is 497 g/mol. The van der Waals surface area contributed by atoms with Gasteiger partial charge < -0.3 is 25.6 Å². The molecule has 0 radical (unpaired) electrons. The van der Waals surface area contributed by atoms with Gasteiger partial charge in [-0.05, 0) is 55.0 Å². The van der Waals surface area contributed by atoms with Crippen molar-refractivity contribution < 1.29 is 13.9 Å². The van der Waals surface area contributed by atoms with Crippen molar-refractivity contribution in [3.8, 4) is 6.07 Å². The van der Waals surface area contributed by atoms with Crippen LogP contribution in [-0.2, 0) is 16.0 Å². The normalized spacial score (nSPS) is 20.8. The highest BCUT2D eigenvalue weighted by Crippen LogP contribution is 2.23. The maximum absolute atomic E-state index is 15.0. The molecule has 8 heteroatoms. The van der Waals surface area contributed by atoms with Crippen LogP contribution in [0.1, 0.15) is 37.3 Å². The zero-order valence-electron chi connectivity index (χ0n) is 21.6. The highest BCUT2D eigenvalue weighted by molar-refractivity contribution is 5.86. The van der Waals surface area contributed by atoms with Crippen LogP contribution in [0.25, 0.3) is 5.57 Å². The number of nitrogens with two attached hydrogens (primary N) is 1. The van der Waals surface area contributed by atoms with E-state index in [1.807, 2.05) is 6.07 Å². The van der Waals surface area contributed by atoms with Crippen LogP contribution in [0.5, 0.6) is 0 Å². The number of rotatable bonds is 10. The maximum atomic E-state index is 15.0. The quantitative estimate of drug-likeness (QED) is 0.483. The van der Waals surface area contributed by atoms with Crippen molar-refractivity contribution in [2.24, 2.45) is 11.7 Å². The molecule has 2 fully saturated rings. The number of hydrogen-bond acceptors (Lipinski definition) is 6. The van der Waals surface area contributed by atoms with Crippen LogP contribution in [0.4, 0.5) is 4.39 Å². The van der Waals surface area contributed by atoms with Gasteiger partial charge in [-0.2, -0.15) is 5.26 Å². The lowest BCUT2D eigenvalue weighted by Crippen LogP contribution is -2.58. The van der Waals surface area contributed by atoms with Crippen LogP contribution < -0.4 is 11.1 Å². The van der Waals surface area contributed by atoms with Gasteiger partial charge in [0.1, 0.15) is 11.9 Å². The molecule has 2 aliphatic heterocycles. The highest BCUT2D eigenvalue weighted by Gasteiger charge is 2.37. The molecular weight excluding hydrogens is 457 g/mol. The first-order chi connectivity index (χ1) is 17.2. The van der Waals surface area contributed by atoms with Gasteiger partial charge in [-0.1, -0.05) is 37.8 Å². The molecule has 7 nitrogen and oxygen atoms in total. The minimum atomic E-state index is -1.05. The van der Waals surface area contributed by atoms with Crippen molar-refractivity contribution in [1.29, 1.82) is 5.26 Å². The number of amides is 1. The molecule has 0 bridgehead atoms. The molecule has 1 aromatic carbocycles. The molecule has 0 spiro atoms. The van der Waals surface area contributed by atoms with Gasteiger partial charge in [0.25, 0.3) is 0 Å². The van der Waals surface area contributed by atoms with Gasteiger partial charge in [0, 0.05) is 52.4 Å². The van der Waals surface area contributed by atoms with Gasteiger partial charge in [-0.15, -0.1) is 0 Å². The minimum Gasteiger partial charge on any atom is -0.381 e. The van der Waals surface area contributed by atoms with Crippen LogP contribution in [0.15, 0.2) is 36.9 Å². The van der Waals surface area contributed by atoms with Crippen LogP contribution in [0.2, 0.25) is 0 Å². The first-order valence-electron chi connectivity index (χ1n) is 12.8. The third kappa shape index (κ3) is 7.71. The van der Waals surface area contributed by atoms with Gasteiger partial charge in [-0.3, -0.25) is 4.79 Å². The number of ether oxygens (including phenoxy) is 1. The van der Waals surface area contributed by atoms with Gasteiger partial charge in [0.15, 0.2) is 0 Å². The summed E-state index contributed by atoms with van der Waals surface area (Å²) in [7, 11) is 2.16. The summed E-state index contributed by atoms with van der Waals surface area (Å²) in [5.41, 5.74) is 7.16. The van der Waals surface area contributed by atoms with E-state index in [2.05, 4.69) is 47.8 Å². The Kier molecular flexibility index (Phi) is 10.2. The molecule has 1 unspecified atom stereocenters. The fourth-order valence-electron chi connectivity index (χ4n) is 4.70. The molecule has 1 aromatic rings. The van der Waals surface area contributed by atoms with Crippen molar-refractivity contribution in [3.05, 3.63) is 53.9 Å². The maximum Gasteiger partial charge on any atom is 0.241 e. The molecule has 0 saturated carbocycles. The molecule has 3 N–H and O–H groups in total. The number of nitrogens with one attached hydrogen (secondary N) is 1. The first-order valence-corrected chi connectivity index (χ1v) is 12.8. The lowest BCUT2D eigenvalue weighted by molar-refractivity contribution is -0.130. The van der Waals surface area contributed by atoms with Crippen LogP contribution in [0.3, 0.4) is 0 Å². The first kappa shape index (κ1) is 28.0. The molecule has 36 heavy (non-hydrogen) atoms. The molecule has 2 saturated heterocycles. The number of halogens is 1. The number of hydrogen-bond donors (Lipinski definition) is 2. The number of allylic oxidation sites excluding steroid dienone is 3. The van der Waals surface area contributed by atoms with Gasteiger partial charge in [-0.25, -0.2) is 4.39 Å². The van der Waals surface area contributed by atoms with Crippen molar-refractivity contribution >= 4 is 11.5 Å². The largest absolute Gasteiger partial charge is 0.381 e. The van der Waals surface area contributed by atoms with Crippen LogP contribution >= 0.6 is 0 Å². The zero-order chi connectivity index (χ0) is 26.1. The van der Waals surface area contributed by atoms with Crippen molar-refractivity contribution in [2.45, 2.75) is 44.2 Å². The van der Waals surface area contributed by atoms with E-state index in [4.69, 9.17) is 10.5 Å². The standard InChI is InChI=1S/C28H40FN5O2/c1-4-22(6-5-21(2)20-34-13-11-33(3)12-14-34)23-7-8-24(26(29)18-23)17-25(19-30)32-27(35)28(31)9-15-36-16-10-28/h4,6-8,18,21,25H,1,5,9-17,20,31H2,2-3H3,(H,32,35)/b22-6+/t21?,25-/m0/s1. The SMILES string of the molecule is C=C/C(=C\CC(C)CN1CCN(C)CC1)c1ccc(C[C@@H](C#N)NC(=O)C2(N)CCOCC2)c(F)c1. The molecule has 0 aliphatic carbocycles. The molecule has 2 atom stereocenters. The summed E-state index contributed by atoms with van der Waals surface area (Å²) in [6.45, 7) is 12.4. The Hall–Kier alpha value is -2.57. The second-order valence-corrected chi connectivity index (χ2v) is 10.2. The topological polar surface area (TPSA) is 94.6 Å². The van der Waals surface area contributed by atoms with E-state index in [1.165, 1.54) is 6.07 Å². The van der Waals surface area contributed by atoms with Gasteiger partial charge >= 0.3 is 0 Å². The third-order valence-corrected chi connectivity index (χ3v) is 7.23. The van der Waals surface area contributed by atoms with E-state index < -0.39 is 23.3 Å². The van der Waals surface area contributed by atoms with Crippen LogP contribution in [-0.4, -0.2) is 80.3 Å². The van der Waals surface area contributed by atoms with Crippen molar-refractivity contribution in [3.63, 3.8) is 0 Å². The Balaban J connectivity index is 1.59. The summed E-state index contributed by atoms with van der Waals surface area (Å²) >= 11 is 0. The lowest BCUT2D eigenvalue weighted by atomic mass is 9.90. The Morgan fingerprint density at radius 1 is 1.33 bits per heavy atom. The molecular formula is C28H40FN5O2. The Morgan fingerprint density at radius 2 is 2.03 bits per heavy atom. The van der Waals surface area contributed by atoms with Crippen LogP contribution in [0, 0.1) is 23.1 Å². The highest BCUT2D eigenvalue weighted by atomic mass is 19.1. The second kappa shape index (κ2) is 13.1. The predicted octanol–water partition coefficient (Wildman–Crippen LogP) is 2.73. The minimum absolute atomic E-state index is 0.0656. The number of likely N-dealkylation sites (N-methyl/N-ethyl adjacent to an activating group) is 1. The Bertz CT molecular complexity index is 975. The molecule has 2 aliphatic rings. The van der Waals surface area contributed by atoms with E-state index >= 15 is 4.39 Å². The predicted molar refractivity (Wildman–Crippen MR) is 141 cm³/mol. The lowest BCUT2D eigenvalue weighted by Gasteiger charge is -2.33. The van der Waals surface area contributed by atoms with Gasteiger partial charge in [0.2, 0.25) is 5.91 Å². The average Bonchev–Trinajstić information content (AvgIpc) is 2.87. The summed E-state index contributed by atoms with van der Waals surface area (Å²) in [5, 5.41) is 12.3. The summed E-state index contributed by atoms with van der Waals surface area (Å²) in [5.74, 6) is -0.320. The molecule has 1 amide bonds. The number of carbonyl (C=O) groups excluding carboxylic acids is 1. The third-order valence-electron chi connectivity index (χ3n) is 7.23. The second-order valence-electron chi connectivity index (χ2n) is 10.2. The summed E-state index contributed by atoms with van der Waals surface area (Å²) < 4.78 is 20.3. The molecule has 3 rings (SSSR count). The van der Waals surface area contributed by atoms with Crippen molar-refractivity contribution in [1.82, 2.24) is 15.1 Å². The zero-order valence-corrected chi connectivity index (χ0v) is 21.6. The Labute approximate surface area is 214 Å². The average molecular weight is 498 g/mol. The summed E-state index contributed by atoms with van der Waals surface area (Å²) in [6.07, 6.45) is 5.61. The fraction of sp³-hybridized carbons (Fsp3) is 0.571. The van der Waals surface area contributed by atoms with E-state index in [0.29, 0.717) is 37.5 Å². The summed E-state index contributed by atoms with van der Waals surface area (Å²) in [6, 6.07) is 6.20.